The van der Waals surface area contributed by atoms with Crippen LogP contribution in [0.4, 0.5) is 0 Å². The van der Waals surface area contributed by atoms with Gasteiger partial charge in [0.1, 0.15) is 0 Å². The third kappa shape index (κ3) is 12.3. The predicted octanol–water partition coefficient (Wildman–Crippen LogP) is 2.27. The molecule has 8 nitrogen and oxygen atoms in total. The van der Waals surface area contributed by atoms with Crippen LogP contribution in [-0.4, -0.2) is 51.0 Å². The van der Waals surface area contributed by atoms with E-state index in [4.69, 9.17) is 0 Å². The maximum Gasteiger partial charge on any atom is 2.00 e. The number of aliphatic imine (C=N–C) groups is 4. The molecule has 0 aliphatic heterocycles. The van der Waals surface area contributed by atoms with Crippen molar-refractivity contribution in [3.63, 3.8) is 0 Å². The van der Waals surface area contributed by atoms with Crippen LogP contribution in [0, 0.1) is 0 Å². The zero-order valence-corrected chi connectivity index (χ0v) is 25.0. The summed E-state index contributed by atoms with van der Waals surface area (Å²) in [6.45, 7) is 2.68. The molecule has 0 aliphatic carbocycles. The number of nitrogens with zero attached hydrogens (tertiary/aromatic N) is 8. The molecule has 0 saturated heterocycles. The van der Waals surface area contributed by atoms with Crippen molar-refractivity contribution in [3.05, 3.63) is 96.1 Å². The van der Waals surface area contributed by atoms with Crippen LogP contribution in [0.3, 0.4) is 0 Å². The zero-order chi connectivity index (χ0) is 22.1. The first-order valence-electron chi connectivity index (χ1n) is 10.2. The van der Waals surface area contributed by atoms with Gasteiger partial charge in [-0.3, -0.25) is 20.0 Å². The molecule has 0 radical (unpaired) electrons. The average Bonchev–Trinajstić information content (AvgIpc) is 3.63. The second kappa shape index (κ2) is 18.5. The molecule has 34 heavy (non-hydrogen) atoms. The molecule has 0 saturated carbocycles. The molecule has 0 spiro atoms. The number of hydrogen-bond acceptors (Lipinski definition) is 4. The molecule has 0 aliphatic rings. The standard InChI is InChI=1S/2C12H12N4.2Zn/c2*1-3-11(15-5-1)9-13-7-8-14-10-12-4-2-6-16-12;;/h2*1-6,9-10H,7-8H2;;/q2*-2;2*+2. The molecule has 0 unspecified atom stereocenters. The molecule has 0 fully saturated rings. The molecule has 0 aromatic carbocycles. The minimum absolute atomic E-state index is 0. The Morgan fingerprint density at radius 1 is 0.441 bits per heavy atom. The van der Waals surface area contributed by atoms with Gasteiger partial charge in [-0.15, -0.1) is 22.8 Å². The molecule has 4 aromatic rings. The fourth-order valence-corrected chi connectivity index (χ4v) is 2.42. The smallest absolute Gasteiger partial charge is 0.663 e. The third-order valence-electron chi connectivity index (χ3n) is 3.92. The topological polar surface area (TPSA) is 106 Å². The van der Waals surface area contributed by atoms with E-state index in [0.29, 0.717) is 26.2 Å². The molecule has 164 valence electrons. The zero-order valence-electron chi connectivity index (χ0n) is 19.1. The van der Waals surface area contributed by atoms with Crippen molar-refractivity contribution in [2.75, 3.05) is 26.2 Å². The SMILES string of the molecule is C(=NCCN=Cc1ccc[n-]1)c1ccc[n-]1.C(=NCCN=Cc1ccc[n-]1)c1ccc[n-]1.[Zn+2].[Zn+2]. The van der Waals surface area contributed by atoms with Crippen LogP contribution in [0.1, 0.15) is 22.8 Å². The average molecular weight is 555 g/mol. The van der Waals surface area contributed by atoms with Crippen LogP contribution in [-0.2, 0) is 39.0 Å². The maximum absolute atomic E-state index is 4.21. The van der Waals surface area contributed by atoms with Crippen LogP contribution >= 0.6 is 0 Å². The predicted molar refractivity (Wildman–Crippen MR) is 129 cm³/mol. The third-order valence-corrected chi connectivity index (χ3v) is 3.92. The van der Waals surface area contributed by atoms with Gasteiger partial charge in [0, 0.05) is 24.9 Å². The number of rotatable bonds is 10. The van der Waals surface area contributed by atoms with Crippen molar-refractivity contribution in [2.24, 2.45) is 20.0 Å². The normalized spacial score (nSPS) is 11.1. The van der Waals surface area contributed by atoms with Gasteiger partial charge in [0.15, 0.2) is 0 Å². The van der Waals surface area contributed by atoms with Crippen LogP contribution in [0.15, 0.2) is 93.3 Å². The second-order valence-electron chi connectivity index (χ2n) is 6.39. The molecular formula is C24H24N8Zn2. The van der Waals surface area contributed by atoms with Gasteiger partial charge in [-0.25, -0.2) is 0 Å². The van der Waals surface area contributed by atoms with Crippen molar-refractivity contribution in [3.8, 4) is 0 Å². The Morgan fingerprint density at radius 2 is 0.676 bits per heavy atom. The van der Waals surface area contributed by atoms with Gasteiger partial charge in [0.25, 0.3) is 0 Å². The summed E-state index contributed by atoms with van der Waals surface area (Å²) in [5.74, 6) is 0. The molecule has 0 N–H and O–H groups in total. The Kier molecular flexibility index (Phi) is 15.8. The number of aromatic nitrogens is 4. The minimum Gasteiger partial charge on any atom is -0.663 e. The quantitative estimate of drug-likeness (QED) is 0.170. The summed E-state index contributed by atoms with van der Waals surface area (Å²) in [4.78, 5) is 33.2. The van der Waals surface area contributed by atoms with Gasteiger partial charge in [-0.2, -0.15) is 24.8 Å². The molecule has 4 aromatic heterocycles. The van der Waals surface area contributed by atoms with Crippen molar-refractivity contribution in [1.82, 2.24) is 19.9 Å². The van der Waals surface area contributed by atoms with E-state index in [-0.39, 0.29) is 39.0 Å². The Bertz CT molecular complexity index is 886. The minimum atomic E-state index is 0. The molecule has 0 amide bonds. The van der Waals surface area contributed by atoms with E-state index >= 15 is 0 Å². The van der Waals surface area contributed by atoms with Crippen molar-refractivity contribution in [2.45, 2.75) is 0 Å². The summed E-state index contributed by atoms with van der Waals surface area (Å²) in [6.07, 6.45) is 14.0. The molecule has 0 bridgehead atoms. The van der Waals surface area contributed by atoms with Gasteiger partial charge < -0.3 is 19.9 Å². The first-order chi connectivity index (χ1) is 15.9. The first kappa shape index (κ1) is 29.1. The monoisotopic (exact) mass is 552 g/mol. The second-order valence-corrected chi connectivity index (χ2v) is 6.39. The van der Waals surface area contributed by atoms with E-state index in [2.05, 4.69) is 39.9 Å². The van der Waals surface area contributed by atoms with E-state index in [1.807, 2.05) is 48.5 Å². The van der Waals surface area contributed by atoms with E-state index in [0.717, 1.165) is 22.8 Å². The molecule has 0 atom stereocenters. The van der Waals surface area contributed by atoms with Crippen LogP contribution in [0.5, 0.6) is 0 Å². The van der Waals surface area contributed by atoms with Gasteiger partial charge in [0.2, 0.25) is 0 Å². The number of hydrogen-bond donors (Lipinski definition) is 0. The van der Waals surface area contributed by atoms with E-state index in [1.54, 1.807) is 49.6 Å². The van der Waals surface area contributed by atoms with E-state index < -0.39 is 0 Å². The summed E-state index contributed by atoms with van der Waals surface area (Å²) < 4.78 is 0. The largest absolute Gasteiger partial charge is 2.00 e. The summed E-state index contributed by atoms with van der Waals surface area (Å²) in [5.41, 5.74) is 3.56. The van der Waals surface area contributed by atoms with Crippen molar-refractivity contribution in [1.29, 1.82) is 0 Å². The van der Waals surface area contributed by atoms with Crippen molar-refractivity contribution < 1.29 is 39.0 Å². The Labute approximate surface area is 225 Å². The summed E-state index contributed by atoms with van der Waals surface area (Å²) in [5, 5.41) is 0. The van der Waals surface area contributed by atoms with Gasteiger partial charge in [-0.1, -0.05) is 48.5 Å². The Morgan fingerprint density at radius 3 is 0.853 bits per heavy atom. The maximum atomic E-state index is 4.21. The van der Waals surface area contributed by atoms with Gasteiger partial charge in [-0.05, 0) is 0 Å². The van der Waals surface area contributed by atoms with Crippen molar-refractivity contribution >= 4 is 24.9 Å². The van der Waals surface area contributed by atoms with Crippen LogP contribution in [0.25, 0.3) is 0 Å². The summed E-state index contributed by atoms with van der Waals surface area (Å²) in [6, 6.07) is 15.2. The molecule has 10 heteroatoms. The van der Waals surface area contributed by atoms with E-state index in [9.17, 15) is 0 Å². The molecule has 4 rings (SSSR count). The Balaban J connectivity index is 0.000000321. The van der Waals surface area contributed by atoms with E-state index in [1.165, 1.54) is 0 Å². The van der Waals surface area contributed by atoms with Gasteiger partial charge >= 0.3 is 39.0 Å². The summed E-state index contributed by atoms with van der Waals surface area (Å²) in [7, 11) is 0. The fourth-order valence-electron chi connectivity index (χ4n) is 2.42. The molecular weight excluding hydrogens is 531 g/mol. The van der Waals surface area contributed by atoms with Crippen LogP contribution < -0.4 is 19.9 Å². The van der Waals surface area contributed by atoms with Gasteiger partial charge in [0.05, 0.1) is 26.2 Å². The molecule has 4 heterocycles. The summed E-state index contributed by atoms with van der Waals surface area (Å²) >= 11 is 0. The first-order valence-corrected chi connectivity index (χ1v) is 10.2. The Hall–Kier alpha value is -2.95. The fraction of sp³-hybridized carbons (Fsp3) is 0.167. The van der Waals surface area contributed by atoms with Crippen LogP contribution in [0.2, 0.25) is 0 Å².